The second-order valence-electron chi connectivity index (χ2n) is 6.80. The molecule has 0 aliphatic carbocycles. The molecule has 1 N–H and O–H groups in total. The molecular weight excluding hydrogens is 519 g/mol. The highest BCUT2D eigenvalue weighted by atomic mass is 127. The highest BCUT2D eigenvalue weighted by Gasteiger charge is 2.14. The van der Waals surface area contributed by atoms with Crippen molar-refractivity contribution in [2.45, 2.75) is 6.92 Å². The van der Waals surface area contributed by atoms with Crippen molar-refractivity contribution in [3.63, 3.8) is 0 Å². The predicted octanol–water partition coefficient (Wildman–Crippen LogP) is 5.37. The fraction of sp³-hybridized carbons (Fsp3) is 0.0800. The molecule has 3 aromatic rings. The van der Waals surface area contributed by atoms with Crippen LogP contribution in [0.15, 0.2) is 72.3 Å². The van der Waals surface area contributed by atoms with Crippen LogP contribution in [0.2, 0.25) is 0 Å². The van der Waals surface area contributed by atoms with Gasteiger partial charge in [0, 0.05) is 9.26 Å². The molecule has 1 amide bonds. The summed E-state index contributed by atoms with van der Waals surface area (Å²) in [6, 6.07) is 20.9. The number of aryl methyl sites for hydroxylation is 1. The van der Waals surface area contributed by atoms with Crippen LogP contribution in [0, 0.1) is 21.8 Å². The van der Waals surface area contributed by atoms with E-state index in [0.717, 1.165) is 9.13 Å². The molecule has 3 rings (SSSR count). The zero-order chi connectivity index (χ0) is 23.1. The third-order valence-electron chi connectivity index (χ3n) is 4.46. The molecule has 6 nitrogen and oxygen atoms in total. The number of carbonyl (C=O) groups is 2. The van der Waals surface area contributed by atoms with Gasteiger partial charge in [-0.2, -0.15) is 5.26 Å². The number of nitriles is 1. The van der Waals surface area contributed by atoms with Gasteiger partial charge in [-0.1, -0.05) is 23.8 Å². The first-order chi connectivity index (χ1) is 15.4. The van der Waals surface area contributed by atoms with Gasteiger partial charge in [0.15, 0.2) is 11.5 Å². The lowest BCUT2D eigenvalue weighted by atomic mass is 10.1. The maximum absolute atomic E-state index is 12.5. The van der Waals surface area contributed by atoms with Crippen molar-refractivity contribution in [2.75, 3.05) is 12.4 Å². The Bertz CT molecular complexity index is 1210. The van der Waals surface area contributed by atoms with E-state index in [-0.39, 0.29) is 11.3 Å². The number of carbonyl (C=O) groups excluding carboxylic acids is 2. The third kappa shape index (κ3) is 5.95. The topological polar surface area (TPSA) is 88.4 Å². The number of nitrogens with one attached hydrogen (secondary N) is 1. The van der Waals surface area contributed by atoms with Gasteiger partial charge in [-0.05, 0) is 89.7 Å². The van der Waals surface area contributed by atoms with Gasteiger partial charge in [0.1, 0.15) is 11.6 Å². The van der Waals surface area contributed by atoms with Gasteiger partial charge >= 0.3 is 5.97 Å². The zero-order valence-electron chi connectivity index (χ0n) is 17.4. The maximum atomic E-state index is 12.5. The summed E-state index contributed by atoms with van der Waals surface area (Å²) in [5, 5.41) is 12.2. The molecule has 160 valence electrons. The first kappa shape index (κ1) is 23.0. The largest absolute Gasteiger partial charge is 0.493 e. The van der Waals surface area contributed by atoms with E-state index in [1.54, 1.807) is 42.5 Å². The van der Waals surface area contributed by atoms with Crippen LogP contribution >= 0.6 is 22.6 Å². The number of benzene rings is 3. The Kier molecular flexibility index (Phi) is 7.63. The minimum atomic E-state index is -0.540. The number of hydrogen-bond donors (Lipinski definition) is 1. The van der Waals surface area contributed by atoms with Crippen molar-refractivity contribution >= 4 is 46.2 Å². The third-order valence-corrected chi connectivity index (χ3v) is 5.17. The summed E-state index contributed by atoms with van der Waals surface area (Å²) in [4.78, 5) is 25.0. The van der Waals surface area contributed by atoms with Crippen molar-refractivity contribution in [3.8, 4) is 17.6 Å². The predicted molar refractivity (Wildman–Crippen MR) is 131 cm³/mol. The quantitative estimate of drug-likeness (QED) is 0.150. The standard InChI is InChI=1S/C25H19IN2O4/c1-16-3-6-18(7-4-16)25(30)32-23-14-17(5-12-22(23)31-2)13-19(15-27)24(29)28-21-10-8-20(26)9-11-21/h3-14H,1-2H3,(H,28,29)/b19-13+. The van der Waals surface area contributed by atoms with Crippen LogP contribution in [-0.4, -0.2) is 19.0 Å². The number of halogens is 1. The monoisotopic (exact) mass is 538 g/mol. The van der Waals surface area contributed by atoms with Crippen LogP contribution in [0.25, 0.3) is 6.08 Å². The van der Waals surface area contributed by atoms with Crippen molar-refractivity contribution in [1.29, 1.82) is 5.26 Å². The molecule has 0 aromatic heterocycles. The van der Waals surface area contributed by atoms with Gasteiger partial charge in [-0.15, -0.1) is 0 Å². The summed E-state index contributed by atoms with van der Waals surface area (Å²) in [6.45, 7) is 1.93. The average molecular weight is 538 g/mol. The normalized spacial score (nSPS) is 10.8. The number of nitrogens with zero attached hydrogens (tertiary/aromatic N) is 1. The van der Waals surface area contributed by atoms with Crippen molar-refractivity contribution in [1.82, 2.24) is 0 Å². The molecule has 0 fully saturated rings. The fourth-order valence-corrected chi connectivity index (χ4v) is 3.12. The Hall–Kier alpha value is -3.64. The van der Waals surface area contributed by atoms with E-state index < -0.39 is 11.9 Å². The Morgan fingerprint density at radius 3 is 2.31 bits per heavy atom. The lowest BCUT2D eigenvalue weighted by molar-refractivity contribution is -0.112. The first-order valence-corrected chi connectivity index (χ1v) is 10.6. The Morgan fingerprint density at radius 1 is 1.00 bits per heavy atom. The average Bonchev–Trinajstić information content (AvgIpc) is 2.79. The van der Waals surface area contributed by atoms with Crippen LogP contribution < -0.4 is 14.8 Å². The van der Waals surface area contributed by atoms with E-state index in [1.165, 1.54) is 13.2 Å². The minimum Gasteiger partial charge on any atom is -0.493 e. The molecule has 0 atom stereocenters. The number of amides is 1. The highest BCUT2D eigenvalue weighted by Crippen LogP contribution is 2.30. The van der Waals surface area contributed by atoms with Crippen LogP contribution in [0.4, 0.5) is 5.69 Å². The number of methoxy groups -OCH3 is 1. The summed E-state index contributed by atoms with van der Waals surface area (Å²) in [6.07, 6.45) is 1.42. The Balaban J connectivity index is 1.83. The van der Waals surface area contributed by atoms with Crippen molar-refractivity contribution < 1.29 is 19.1 Å². The van der Waals surface area contributed by atoms with E-state index >= 15 is 0 Å². The minimum absolute atomic E-state index is 0.0930. The molecule has 0 unspecified atom stereocenters. The van der Waals surface area contributed by atoms with Gasteiger partial charge in [-0.25, -0.2) is 4.79 Å². The smallest absolute Gasteiger partial charge is 0.343 e. The fourth-order valence-electron chi connectivity index (χ4n) is 2.76. The molecule has 7 heteroatoms. The van der Waals surface area contributed by atoms with Gasteiger partial charge in [0.05, 0.1) is 12.7 Å². The van der Waals surface area contributed by atoms with E-state index in [9.17, 15) is 14.9 Å². The summed E-state index contributed by atoms with van der Waals surface area (Å²) < 4.78 is 11.8. The van der Waals surface area contributed by atoms with Crippen LogP contribution in [0.3, 0.4) is 0 Å². The molecule has 0 spiro atoms. The molecule has 32 heavy (non-hydrogen) atoms. The van der Waals surface area contributed by atoms with Gasteiger partial charge in [0.2, 0.25) is 0 Å². The summed E-state index contributed by atoms with van der Waals surface area (Å²) in [5.41, 5.74) is 2.42. The lowest BCUT2D eigenvalue weighted by Crippen LogP contribution is -2.13. The van der Waals surface area contributed by atoms with Crippen molar-refractivity contribution in [3.05, 3.63) is 92.6 Å². The van der Waals surface area contributed by atoms with Crippen LogP contribution in [0.5, 0.6) is 11.5 Å². The molecule has 3 aromatic carbocycles. The Morgan fingerprint density at radius 2 is 1.69 bits per heavy atom. The number of ether oxygens (including phenoxy) is 2. The van der Waals surface area contributed by atoms with Gasteiger partial charge in [0.25, 0.3) is 5.91 Å². The van der Waals surface area contributed by atoms with Crippen LogP contribution in [-0.2, 0) is 4.79 Å². The van der Waals surface area contributed by atoms with E-state index in [4.69, 9.17) is 9.47 Å². The van der Waals surface area contributed by atoms with E-state index in [1.807, 2.05) is 37.3 Å². The van der Waals surface area contributed by atoms with Crippen LogP contribution in [0.1, 0.15) is 21.5 Å². The summed E-state index contributed by atoms with van der Waals surface area (Å²) in [7, 11) is 1.46. The lowest BCUT2D eigenvalue weighted by Gasteiger charge is -2.10. The molecule has 0 heterocycles. The molecule has 0 radical (unpaired) electrons. The van der Waals surface area contributed by atoms with Crippen molar-refractivity contribution in [2.24, 2.45) is 0 Å². The molecule has 0 aliphatic rings. The second-order valence-corrected chi connectivity index (χ2v) is 8.04. The maximum Gasteiger partial charge on any atom is 0.343 e. The molecule has 0 bridgehead atoms. The Labute approximate surface area is 199 Å². The number of rotatable bonds is 6. The zero-order valence-corrected chi connectivity index (χ0v) is 19.5. The molecular formula is C25H19IN2O4. The second kappa shape index (κ2) is 10.6. The summed E-state index contributed by atoms with van der Waals surface area (Å²) >= 11 is 2.17. The van der Waals surface area contributed by atoms with Gasteiger partial charge < -0.3 is 14.8 Å². The van der Waals surface area contributed by atoms with E-state index in [2.05, 4.69) is 27.9 Å². The highest BCUT2D eigenvalue weighted by molar-refractivity contribution is 14.1. The molecule has 0 saturated carbocycles. The number of esters is 1. The summed E-state index contributed by atoms with van der Waals surface area (Å²) in [5.74, 6) is -0.546. The molecule has 0 aliphatic heterocycles. The van der Waals surface area contributed by atoms with Gasteiger partial charge in [-0.3, -0.25) is 4.79 Å². The number of hydrogen-bond acceptors (Lipinski definition) is 5. The number of anilines is 1. The SMILES string of the molecule is COc1ccc(/C=C(\C#N)C(=O)Nc2ccc(I)cc2)cc1OC(=O)c1ccc(C)cc1. The molecule has 0 saturated heterocycles. The van der Waals surface area contributed by atoms with E-state index in [0.29, 0.717) is 22.6 Å². The first-order valence-electron chi connectivity index (χ1n) is 9.55.